The fourth-order valence-electron chi connectivity index (χ4n) is 1.34. The zero-order valence-electron chi connectivity index (χ0n) is 11.4. The van der Waals surface area contributed by atoms with Crippen molar-refractivity contribution in [2.45, 2.75) is 20.8 Å². The number of anilines is 1. The lowest BCUT2D eigenvalue weighted by molar-refractivity contribution is -0.118. The molecule has 2 amide bonds. The van der Waals surface area contributed by atoms with Crippen molar-refractivity contribution in [1.29, 1.82) is 0 Å². The number of allylic oxidation sites excluding steroid dienone is 1. The lowest BCUT2D eigenvalue weighted by atomic mass is 10.4. The van der Waals surface area contributed by atoms with E-state index in [4.69, 9.17) is 4.74 Å². The van der Waals surface area contributed by atoms with Gasteiger partial charge >= 0.3 is 6.09 Å². The van der Waals surface area contributed by atoms with Gasteiger partial charge in [-0.05, 0) is 13.8 Å². The number of hydrogen-bond acceptors (Lipinski definition) is 5. The summed E-state index contributed by atoms with van der Waals surface area (Å²) in [5, 5.41) is 9.02. The highest BCUT2D eigenvalue weighted by Gasteiger charge is 2.09. The number of rotatable bonds is 4. The Labute approximate surface area is 110 Å². The second-order valence-corrected chi connectivity index (χ2v) is 3.77. The van der Waals surface area contributed by atoms with Crippen LogP contribution in [-0.2, 0) is 16.6 Å². The van der Waals surface area contributed by atoms with E-state index in [1.54, 1.807) is 27.0 Å². The number of nitrogens with zero attached hydrogens (tertiary/aromatic N) is 3. The molecule has 0 aliphatic carbocycles. The summed E-state index contributed by atoms with van der Waals surface area (Å²) in [6.07, 6.45) is 1.03. The first-order valence-corrected chi connectivity index (χ1v) is 5.73. The van der Waals surface area contributed by atoms with E-state index >= 15 is 0 Å². The molecule has 0 saturated carbocycles. The zero-order valence-corrected chi connectivity index (χ0v) is 11.4. The third kappa shape index (κ3) is 4.78. The van der Waals surface area contributed by atoms with Crippen molar-refractivity contribution in [3.8, 4) is 0 Å². The lowest BCUT2D eigenvalue weighted by Gasteiger charge is -2.00. The molecule has 8 heteroatoms. The molecule has 1 aromatic rings. The van der Waals surface area contributed by atoms with Crippen molar-refractivity contribution < 1.29 is 14.3 Å². The number of carbonyl (C=O) groups is 2. The van der Waals surface area contributed by atoms with E-state index in [2.05, 4.69) is 20.7 Å². The normalized spacial score (nSPS) is 11.1. The van der Waals surface area contributed by atoms with Crippen LogP contribution in [0.2, 0.25) is 0 Å². The van der Waals surface area contributed by atoms with Gasteiger partial charge in [0.2, 0.25) is 5.91 Å². The Morgan fingerprint density at radius 1 is 1.42 bits per heavy atom. The summed E-state index contributed by atoms with van der Waals surface area (Å²) in [6.45, 7) is 5.12. The van der Waals surface area contributed by atoms with E-state index < -0.39 is 6.09 Å². The molecular formula is C11H17N5O3. The number of carbonyl (C=O) groups excluding carboxylic acids is 2. The molecule has 1 heterocycles. The molecule has 0 unspecified atom stereocenters. The Balaban J connectivity index is 2.79. The van der Waals surface area contributed by atoms with Crippen LogP contribution in [0.15, 0.2) is 5.70 Å². The first-order chi connectivity index (χ1) is 8.92. The maximum atomic E-state index is 11.2. The summed E-state index contributed by atoms with van der Waals surface area (Å²) in [4.78, 5) is 26.2. The monoisotopic (exact) mass is 267 g/mol. The van der Waals surface area contributed by atoms with Crippen LogP contribution in [0.5, 0.6) is 0 Å². The second-order valence-electron chi connectivity index (χ2n) is 3.77. The van der Waals surface area contributed by atoms with Crippen LogP contribution in [0.1, 0.15) is 26.6 Å². The van der Waals surface area contributed by atoms with Crippen LogP contribution >= 0.6 is 0 Å². The minimum Gasteiger partial charge on any atom is -0.450 e. The van der Waals surface area contributed by atoms with Crippen LogP contribution in [0.4, 0.5) is 10.7 Å². The summed E-state index contributed by atoms with van der Waals surface area (Å²) in [7, 11) is 1.68. The number of hydrogen-bond donors (Lipinski definition) is 2. The average molecular weight is 267 g/mol. The van der Waals surface area contributed by atoms with Gasteiger partial charge in [0.1, 0.15) is 0 Å². The highest BCUT2D eigenvalue weighted by Crippen LogP contribution is 2.06. The Bertz CT molecular complexity index is 506. The molecule has 0 aliphatic heterocycles. The predicted octanol–water partition coefficient (Wildman–Crippen LogP) is 0.880. The average Bonchev–Trinajstić information content (AvgIpc) is 2.57. The van der Waals surface area contributed by atoms with Crippen LogP contribution in [0.3, 0.4) is 0 Å². The maximum absolute atomic E-state index is 11.2. The zero-order chi connectivity index (χ0) is 14.4. The first-order valence-electron chi connectivity index (χ1n) is 5.73. The molecule has 0 atom stereocenters. The largest absolute Gasteiger partial charge is 0.450 e. The molecule has 19 heavy (non-hydrogen) atoms. The molecule has 0 spiro atoms. The number of nitrogens with one attached hydrogen (secondary N) is 2. The summed E-state index contributed by atoms with van der Waals surface area (Å²) < 4.78 is 6.20. The Morgan fingerprint density at radius 2 is 2.11 bits per heavy atom. The number of ether oxygens (including phenoxy) is 1. The van der Waals surface area contributed by atoms with Gasteiger partial charge in [-0.3, -0.25) is 10.1 Å². The Hall–Kier alpha value is -2.38. The van der Waals surface area contributed by atoms with Gasteiger partial charge < -0.3 is 10.1 Å². The summed E-state index contributed by atoms with van der Waals surface area (Å²) in [5.74, 6) is 0.474. The van der Waals surface area contributed by atoms with Crippen LogP contribution < -0.4 is 10.6 Å². The third-order valence-electron chi connectivity index (χ3n) is 2.00. The van der Waals surface area contributed by atoms with Gasteiger partial charge in [-0.15, -0.1) is 5.10 Å². The van der Waals surface area contributed by atoms with Crippen LogP contribution in [0.25, 0.3) is 6.08 Å². The van der Waals surface area contributed by atoms with Crippen molar-refractivity contribution in [2.24, 2.45) is 7.05 Å². The van der Waals surface area contributed by atoms with E-state index in [1.807, 2.05) is 0 Å². The van der Waals surface area contributed by atoms with Gasteiger partial charge in [0.15, 0.2) is 5.82 Å². The number of aromatic nitrogens is 3. The predicted molar refractivity (Wildman–Crippen MR) is 69.1 cm³/mol. The molecule has 0 radical (unpaired) electrons. The lowest BCUT2D eigenvalue weighted by Crippen LogP contribution is -2.17. The van der Waals surface area contributed by atoms with Gasteiger partial charge in [-0.25, -0.2) is 9.48 Å². The van der Waals surface area contributed by atoms with Gasteiger partial charge in [0.05, 0.1) is 6.61 Å². The van der Waals surface area contributed by atoms with Gasteiger partial charge in [0, 0.05) is 25.7 Å². The molecule has 1 rings (SSSR count). The van der Waals surface area contributed by atoms with Crippen molar-refractivity contribution >= 4 is 24.0 Å². The smallest absolute Gasteiger partial charge is 0.414 e. The quantitative estimate of drug-likeness (QED) is 0.843. The van der Waals surface area contributed by atoms with Crippen LogP contribution in [-0.4, -0.2) is 33.4 Å². The van der Waals surface area contributed by atoms with Crippen molar-refractivity contribution in [3.63, 3.8) is 0 Å². The topological polar surface area (TPSA) is 98.1 Å². The van der Waals surface area contributed by atoms with Crippen molar-refractivity contribution in [1.82, 2.24) is 20.1 Å². The molecule has 0 aliphatic rings. The number of amides is 2. The Morgan fingerprint density at radius 3 is 2.68 bits per heavy atom. The fraction of sp³-hybridized carbons (Fsp3) is 0.455. The van der Waals surface area contributed by atoms with E-state index in [-0.39, 0.29) is 18.5 Å². The molecule has 0 bridgehead atoms. The van der Waals surface area contributed by atoms with Crippen molar-refractivity contribution in [2.75, 3.05) is 11.9 Å². The standard InChI is InChI=1S/C11H17N5O3/c1-5-19-11(18)14-10-13-9(16(4)15-10)6-7(2)12-8(3)17/h6H,5H2,1-4H3,(H,12,17)(H,14,15,18)/b7-6+. The Kier molecular flexibility index (Phi) is 5.04. The minimum absolute atomic E-state index is 0.142. The molecule has 0 fully saturated rings. The maximum Gasteiger partial charge on any atom is 0.414 e. The first kappa shape index (κ1) is 14.7. The molecule has 0 aromatic carbocycles. The molecule has 1 aromatic heterocycles. The molecule has 0 saturated heterocycles. The SMILES string of the molecule is CCOC(=O)Nc1nc(/C=C(\C)NC(C)=O)n(C)n1. The van der Waals surface area contributed by atoms with Gasteiger partial charge in [-0.2, -0.15) is 4.98 Å². The van der Waals surface area contributed by atoms with E-state index in [9.17, 15) is 9.59 Å². The van der Waals surface area contributed by atoms with E-state index in [0.29, 0.717) is 11.5 Å². The van der Waals surface area contributed by atoms with E-state index in [1.165, 1.54) is 11.6 Å². The molecule has 104 valence electrons. The summed E-state index contributed by atoms with van der Waals surface area (Å²) >= 11 is 0. The molecular weight excluding hydrogens is 250 g/mol. The number of aryl methyl sites for hydroxylation is 1. The van der Waals surface area contributed by atoms with Gasteiger partial charge in [-0.1, -0.05) is 0 Å². The third-order valence-corrected chi connectivity index (χ3v) is 2.00. The highest BCUT2D eigenvalue weighted by molar-refractivity contribution is 5.82. The minimum atomic E-state index is -0.609. The van der Waals surface area contributed by atoms with E-state index in [0.717, 1.165) is 0 Å². The van der Waals surface area contributed by atoms with Crippen LogP contribution in [0, 0.1) is 0 Å². The van der Waals surface area contributed by atoms with Crippen molar-refractivity contribution in [3.05, 3.63) is 11.5 Å². The summed E-state index contributed by atoms with van der Waals surface area (Å²) in [6, 6.07) is 0. The second kappa shape index (κ2) is 6.53. The molecule has 8 nitrogen and oxygen atoms in total. The fourth-order valence-corrected chi connectivity index (χ4v) is 1.34. The molecule has 2 N–H and O–H groups in total. The van der Waals surface area contributed by atoms with Gasteiger partial charge in [0.25, 0.3) is 5.95 Å². The summed E-state index contributed by atoms with van der Waals surface area (Å²) in [5.41, 5.74) is 0.630. The highest BCUT2D eigenvalue weighted by atomic mass is 16.5.